The van der Waals surface area contributed by atoms with Crippen molar-refractivity contribution >= 4 is 27.6 Å². The van der Waals surface area contributed by atoms with Gasteiger partial charge in [0.05, 0.1) is 0 Å². The van der Waals surface area contributed by atoms with Gasteiger partial charge in [-0.3, -0.25) is 0 Å². The smallest absolute Gasteiger partial charge is 0.135 e. The van der Waals surface area contributed by atoms with Gasteiger partial charge in [0.2, 0.25) is 0 Å². The predicted molar refractivity (Wildman–Crippen MR) is 154 cm³/mol. The molecule has 1 aliphatic carbocycles. The van der Waals surface area contributed by atoms with Gasteiger partial charge in [-0.15, -0.1) is 0 Å². The first kappa shape index (κ1) is 26.5. The maximum atomic E-state index is 14.5. The van der Waals surface area contributed by atoms with Gasteiger partial charge in [-0.05, 0) is 80.0 Å². The second-order valence-corrected chi connectivity index (χ2v) is 11.2. The van der Waals surface area contributed by atoms with Crippen LogP contribution in [-0.4, -0.2) is 11.7 Å². The lowest BCUT2D eigenvalue weighted by Crippen LogP contribution is -2.46. The number of hydrogen-bond donors (Lipinski definition) is 0. The SMILES string of the molecule is CCCCC(C)(CC)N(C1=CC=CC(F)C1)c1ccc2oc3ccc([C@@](C)(CC)CCC)cc3c2c1. The molecule has 0 spiro atoms. The van der Waals surface area contributed by atoms with E-state index < -0.39 is 6.17 Å². The van der Waals surface area contributed by atoms with Crippen LogP contribution in [0, 0.1) is 0 Å². The van der Waals surface area contributed by atoms with Crippen LogP contribution in [0.1, 0.15) is 98.5 Å². The Hall–Kier alpha value is -2.55. The van der Waals surface area contributed by atoms with Crippen molar-refractivity contribution in [3.05, 3.63) is 65.9 Å². The number of nitrogens with zero attached hydrogens (tertiary/aromatic N) is 1. The summed E-state index contributed by atoms with van der Waals surface area (Å²) >= 11 is 0. The summed E-state index contributed by atoms with van der Waals surface area (Å²) < 4.78 is 20.8. The van der Waals surface area contributed by atoms with E-state index in [0.717, 1.165) is 60.0 Å². The summed E-state index contributed by atoms with van der Waals surface area (Å²) in [5, 5.41) is 2.31. The molecule has 2 unspecified atom stereocenters. The molecule has 0 saturated carbocycles. The maximum absolute atomic E-state index is 14.5. The molecule has 1 aromatic heterocycles. The zero-order chi connectivity index (χ0) is 25.9. The Balaban J connectivity index is 1.88. The number of furan rings is 1. The standard InChI is InChI=1S/C33H44FNO/c1-7-11-20-33(6,10-4)35(26-14-12-13-25(34)22-26)27-16-18-31-29(23-27)28-21-24(15-17-30(28)36-31)32(5,9-3)19-8-2/h12-18,21,23,25H,7-11,19-20,22H2,1-6H3/t25?,32-,33?/m0/s1. The Morgan fingerprint density at radius 1 is 0.917 bits per heavy atom. The minimum absolute atomic E-state index is 0.0902. The summed E-state index contributed by atoms with van der Waals surface area (Å²) in [6.45, 7) is 13.8. The monoisotopic (exact) mass is 489 g/mol. The Morgan fingerprint density at radius 2 is 1.64 bits per heavy atom. The lowest BCUT2D eigenvalue weighted by atomic mass is 9.76. The highest BCUT2D eigenvalue weighted by Crippen LogP contribution is 2.42. The maximum Gasteiger partial charge on any atom is 0.135 e. The molecule has 36 heavy (non-hydrogen) atoms. The fraction of sp³-hybridized carbons (Fsp3) is 0.515. The van der Waals surface area contributed by atoms with E-state index in [1.807, 2.05) is 6.08 Å². The molecule has 0 fully saturated rings. The molecule has 3 heteroatoms. The van der Waals surface area contributed by atoms with Gasteiger partial charge in [-0.2, -0.15) is 0 Å². The number of alkyl halides is 1. The zero-order valence-corrected chi connectivity index (χ0v) is 23.2. The molecule has 1 heterocycles. The van der Waals surface area contributed by atoms with Crippen molar-refractivity contribution in [3.8, 4) is 0 Å². The molecule has 0 radical (unpaired) electrons. The zero-order valence-electron chi connectivity index (χ0n) is 23.2. The van der Waals surface area contributed by atoms with E-state index in [-0.39, 0.29) is 11.0 Å². The molecule has 0 N–H and O–H groups in total. The van der Waals surface area contributed by atoms with Crippen LogP contribution in [0.5, 0.6) is 0 Å². The number of unbranched alkanes of at least 4 members (excludes halogenated alkanes) is 1. The molecule has 3 atom stereocenters. The van der Waals surface area contributed by atoms with E-state index in [1.54, 1.807) is 6.08 Å². The molecule has 0 saturated heterocycles. The number of hydrogen-bond acceptors (Lipinski definition) is 2. The van der Waals surface area contributed by atoms with E-state index in [2.05, 4.69) is 88.9 Å². The molecule has 2 aromatic carbocycles. The molecule has 2 nitrogen and oxygen atoms in total. The molecule has 194 valence electrons. The minimum Gasteiger partial charge on any atom is -0.456 e. The first-order valence-electron chi connectivity index (χ1n) is 14.1. The Labute approximate surface area is 217 Å². The molecular weight excluding hydrogens is 445 g/mol. The van der Waals surface area contributed by atoms with Crippen molar-refractivity contribution < 1.29 is 8.81 Å². The molecular formula is C33H44FNO. The van der Waals surface area contributed by atoms with Gasteiger partial charge in [0.15, 0.2) is 0 Å². The van der Waals surface area contributed by atoms with Crippen molar-refractivity contribution in [3.63, 3.8) is 0 Å². The summed E-state index contributed by atoms with van der Waals surface area (Å²) in [7, 11) is 0. The van der Waals surface area contributed by atoms with Crippen molar-refractivity contribution in [1.29, 1.82) is 0 Å². The average molecular weight is 490 g/mol. The number of halogens is 1. The van der Waals surface area contributed by atoms with Gasteiger partial charge >= 0.3 is 0 Å². The van der Waals surface area contributed by atoms with Crippen molar-refractivity contribution in [2.24, 2.45) is 0 Å². The highest BCUT2D eigenvalue weighted by molar-refractivity contribution is 6.06. The van der Waals surface area contributed by atoms with Gasteiger partial charge in [0.25, 0.3) is 0 Å². The van der Waals surface area contributed by atoms with Crippen LogP contribution in [0.25, 0.3) is 21.9 Å². The van der Waals surface area contributed by atoms with Crippen LogP contribution in [-0.2, 0) is 5.41 Å². The lowest BCUT2D eigenvalue weighted by molar-refractivity contribution is 0.355. The molecule has 1 aliphatic rings. The van der Waals surface area contributed by atoms with E-state index in [9.17, 15) is 4.39 Å². The molecule has 0 bridgehead atoms. The number of rotatable bonds is 11. The van der Waals surface area contributed by atoms with Crippen molar-refractivity contribution in [2.75, 3.05) is 4.90 Å². The van der Waals surface area contributed by atoms with Crippen molar-refractivity contribution in [2.45, 2.75) is 110 Å². The predicted octanol–water partition coefficient (Wildman–Crippen LogP) is 10.4. The Bertz CT molecular complexity index is 1250. The highest BCUT2D eigenvalue weighted by Gasteiger charge is 2.34. The third kappa shape index (κ3) is 4.99. The Morgan fingerprint density at radius 3 is 2.28 bits per heavy atom. The van der Waals surface area contributed by atoms with Crippen LogP contribution in [0.3, 0.4) is 0 Å². The summed E-state index contributed by atoms with van der Waals surface area (Å²) in [5.41, 5.74) is 5.47. The van der Waals surface area contributed by atoms with Gasteiger partial charge in [0.1, 0.15) is 17.3 Å². The highest BCUT2D eigenvalue weighted by atomic mass is 19.1. The third-order valence-electron chi connectivity index (χ3n) is 8.66. The summed E-state index contributed by atoms with van der Waals surface area (Å²) in [6, 6.07) is 13.3. The second-order valence-electron chi connectivity index (χ2n) is 11.2. The molecule has 4 rings (SSSR count). The molecule has 3 aromatic rings. The topological polar surface area (TPSA) is 16.4 Å². The first-order valence-corrected chi connectivity index (χ1v) is 14.1. The molecule has 0 amide bonds. The van der Waals surface area contributed by atoms with Crippen LogP contribution >= 0.6 is 0 Å². The average Bonchev–Trinajstić information content (AvgIpc) is 3.25. The number of allylic oxidation sites excluding steroid dienone is 4. The first-order chi connectivity index (χ1) is 17.3. The van der Waals surface area contributed by atoms with Crippen LogP contribution in [0.15, 0.2) is 64.7 Å². The summed E-state index contributed by atoms with van der Waals surface area (Å²) in [6.07, 6.45) is 12.9. The fourth-order valence-electron chi connectivity index (χ4n) is 5.97. The summed E-state index contributed by atoms with van der Waals surface area (Å²) in [4.78, 5) is 2.42. The molecule has 0 aliphatic heterocycles. The van der Waals surface area contributed by atoms with Gasteiger partial charge in [0, 0.05) is 34.1 Å². The quantitative estimate of drug-likeness (QED) is 0.266. The van der Waals surface area contributed by atoms with E-state index in [1.165, 1.54) is 23.8 Å². The second kappa shape index (κ2) is 10.8. The van der Waals surface area contributed by atoms with Gasteiger partial charge in [-0.25, -0.2) is 4.39 Å². The largest absolute Gasteiger partial charge is 0.456 e. The van der Waals surface area contributed by atoms with Crippen molar-refractivity contribution in [1.82, 2.24) is 0 Å². The van der Waals surface area contributed by atoms with E-state index >= 15 is 0 Å². The fourth-order valence-corrected chi connectivity index (χ4v) is 5.97. The number of fused-ring (bicyclic) bond motifs is 3. The van der Waals surface area contributed by atoms with Gasteiger partial charge in [-0.1, -0.05) is 72.1 Å². The van der Waals surface area contributed by atoms with Crippen LogP contribution < -0.4 is 4.90 Å². The van der Waals surface area contributed by atoms with E-state index in [0.29, 0.717) is 6.42 Å². The minimum atomic E-state index is -0.939. The van der Waals surface area contributed by atoms with Crippen LogP contribution in [0.2, 0.25) is 0 Å². The third-order valence-corrected chi connectivity index (χ3v) is 8.66. The summed E-state index contributed by atoms with van der Waals surface area (Å²) in [5.74, 6) is 0. The number of benzene rings is 2. The van der Waals surface area contributed by atoms with Crippen LogP contribution in [0.4, 0.5) is 10.1 Å². The van der Waals surface area contributed by atoms with Gasteiger partial charge < -0.3 is 9.32 Å². The Kier molecular flexibility index (Phi) is 7.97. The lowest BCUT2D eigenvalue weighted by Gasteiger charge is -2.45. The van der Waals surface area contributed by atoms with E-state index in [4.69, 9.17) is 4.42 Å². The normalized spacial score (nSPS) is 19.3. The number of anilines is 1.